The molecule has 4 nitrogen and oxygen atoms in total. The van der Waals surface area contributed by atoms with E-state index in [0.717, 1.165) is 24.5 Å². The number of pyridine rings is 1. The van der Waals surface area contributed by atoms with Crippen LogP contribution in [0.15, 0.2) is 36.4 Å². The Hall–Kier alpha value is -2.36. The third kappa shape index (κ3) is 3.21. The van der Waals surface area contributed by atoms with Gasteiger partial charge in [-0.1, -0.05) is 44.2 Å². The maximum atomic E-state index is 12.3. The fourth-order valence-corrected chi connectivity index (χ4v) is 3.22. The summed E-state index contributed by atoms with van der Waals surface area (Å²) >= 11 is 0. The zero-order chi connectivity index (χ0) is 16.6. The molecule has 3 rings (SSSR count). The van der Waals surface area contributed by atoms with Crippen molar-refractivity contribution in [1.82, 2.24) is 4.98 Å². The lowest BCUT2D eigenvalue weighted by atomic mass is 9.75. The van der Waals surface area contributed by atoms with Crippen molar-refractivity contribution in [3.63, 3.8) is 0 Å². The van der Waals surface area contributed by atoms with Crippen LogP contribution < -0.4 is 10.6 Å². The number of hydrogen-bond acceptors (Lipinski definition) is 4. The van der Waals surface area contributed by atoms with E-state index in [2.05, 4.69) is 26.0 Å². The van der Waals surface area contributed by atoms with Gasteiger partial charge >= 0.3 is 0 Å². The first kappa shape index (κ1) is 15.5. The van der Waals surface area contributed by atoms with Gasteiger partial charge in [0.25, 0.3) is 0 Å². The summed E-state index contributed by atoms with van der Waals surface area (Å²) in [6, 6.07) is 12.0. The molecule has 0 spiro atoms. The highest BCUT2D eigenvalue weighted by Crippen LogP contribution is 2.36. The lowest BCUT2D eigenvalue weighted by Gasteiger charge is -2.31. The van der Waals surface area contributed by atoms with Crippen LogP contribution in [0.5, 0.6) is 0 Å². The van der Waals surface area contributed by atoms with Gasteiger partial charge < -0.3 is 10.6 Å². The van der Waals surface area contributed by atoms with Crippen molar-refractivity contribution in [2.75, 3.05) is 17.7 Å². The molecule has 0 atom stereocenters. The Balaban J connectivity index is 1.93. The van der Waals surface area contributed by atoms with Crippen molar-refractivity contribution in [3.8, 4) is 0 Å². The molecule has 0 fully saturated rings. The van der Waals surface area contributed by atoms with E-state index in [-0.39, 0.29) is 11.2 Å². The van der Waals surface area contributed by atoms with Gasteiger partial charge in [-0.3, -0.25) is 4.79 Å². The number of ketones is 1. The Labute approximate surface area is 137 Å². The van der Waals surface area contributed by atoms with Crippen molar-refractivity contribution in [2.45, 2.75) is 33.2 Å². The van der Waals surface area contributed by atoms with Gasteiger partial charge in [0.15, 0.2) is 11.6 Å². The van der Waals surface area contributed by atoms with Crippen LogP contribution in [0.1, 0.15) is 41.9 Å². The average Bonchev–Trinajstić information content (AvgIpc) is 2.47. The molecule has 0 saturated heterocycles. The Morgan fingerprint density at radius 2 is 1.91 bits per heavy atom. The quantitative estimate of drug-likeness (QED) is 0.943. The SMILES string of the molecule is CN(Cc1ccccc1)c1nc2c(cc1N)C(=O)CC(C)(C)C2. The molecule has 0 amide bonds. The topological polar surface area (TPSA) is 59.2 Å². The molecule has 0 radical (unpaired) electrons. The lowest BCUT2D eigenvalue weighted by molar-refractivity contribution is 0.0910. The zero-order valence-electron chi connectivity index (χ0n) is 14.0. The highest BCUT2D eigenvalue weighted by molar-refractivity contribution is 6.00. The number of hydrogen-bond donors (Lipinski definition) is 1. The van der Waals surface area contributed by atoms with Crippen molar-refractivity contribution >= 4 is 17.3 Å². The molecule has 2 aromatic rings. The zero-order valence-corrected chi connectivity index (χ0v) is 14.0. The van der Waals surface area contributed by atoms with E-state index in [4.69, 9.17) is 10.7 Å². The van der Waals surface area contributed by atoms with Crippen LogP contribution in [0.25, 0.3) is 0 Å². The number of aromatic nitrogens is 1. The number of nitrogens with two attached hydrogens (primary N) is 1. The monoisotopic (exact) mass is 309 g/mol. The van der Waals surface area contributed by atoms with Crippen LogP contribution in [0.3, 0.4) is 0 Å². The van der Waals surface area contributed by atoms with Gasteiger partial charge in [0, 0.05) is 25.6 Å². The Kier molecular flexibility index (Phi) is 3.84. The van der Waals surface area contributed by atoms with E-state index in [9.17, 15) is 4.79 Å². The minimum Gasteiger partial charge on any atom is -0.396 e. The average molecular weight is 309 g/mol. The minimum absolute atomic E-state index is 0.0392. The number of carbonyl (C=O) groups is 1. The minimum atomic E-state index is -0.0392. The number of nitrogens with zero attached hydrogens (tertiary/aromatic N) is 2. The van der Waals surface area contributed by atoms with Crippen LogP contribution in [0.4, 0.5) is 11.5 Å². The second kappa shape index (κ2) is 5.69. The van der Waals surface area contributed by atoms with Crippen LogP contribution in [0.2, 0.25) is 0 Å². The molecular weight excluding hydrogens is 286 g/mol. The summed E-state index contributed by atoms with van der Waals surface area (Å²) in [6.07, 6.45) is 1.36. The third-order valence-electron chi connectivity index (χ3n) is 4.32. The Bertz CT molecular complexity index is 738. The molecule has 0 bridgehead atoms. The molecule has 0 aliphatic heterocycles. The van der Waals surface area contributed by atoms with Gasteiger partial charge in [0.05, 0.1) is 11.4 Å². The summed E-state index contributed by atoms with van der Waals surface area (Å²) < 4.78 is 0. The van der Waals surface area contributed by atoms with Crippen molar-refractivity contribution < 1.29 is 4.79 Å². The summed E-state index contributed by atoms with van der Waals surface area (Å²) in [5, 5.41) is 0. The molecule has 4 heteroatoms. The molecule has 120 valence electrons. The predicted octanol–water partition coefficient (Wildman–Crippen LogP) is 3.46. The summed E-state index contributed by atoms with van der Waals surface area (Å²) in [7, 11) is 1.98. The van der Waals surface area contributed by atoms with E-state index in [1.165, 1.54) is 5.56 Å². The summed E-state index contributed by atoms with van der Waals surface area (Å²) in [5.41, 5.74) is 9.46. The highest BCUT2D eigenvalue weighted by Gasteiger charge is 2.32. The number of fused-ring (bicyclic) bond motifs is 1. The smallest absolute Gasteiger partial charge is 0.165 e. The molecule has 1 aliphatic rings. The number of rotatable bonds is 3. The van der Waals surface area contributed by atoms with Gasteiger partial charge in [0.2, 0.25) is 0 Å². The maximum Gasteiger partial charge on any atom is 0.165 e. The number of nitrogen functional groups attached to an aromatic ring is 1. The number of benzene rings is 1. The normalized spacial score (nSPS) is 16.0. The molecule has 1 aromatic carbocycles. The molecule has 0 saturated carbocycles. The first-order valence-corrected chi connectivity index (χ1v) is 7.93. The van der Waals surface area contributed by atoms with E-state index in [0.29, 0.717) is 17.7 Å². The standard InChI is InChI=1S/C19H23N3O/c1-19(2)10-16-14(17(23)11-19)9-15(20)18(21-16)22(3)12-13-7-5-4-6-8-13/h4-9H,10-12,20H2,1-3H3. The maximum absolute atomic E-state index is 12.3. The predicted molar refractivity (Wildman–Crippen MR) is 93.6 cm³/mol. The molecule has 23 heavy (non-hydrogen) atoms. The van der Waals surface area contributed by atoms with E-state index >= 15 is 0 Å². The van der Waals surface area contributed by atoms with Crippen LogP contribution in [-0.2, 0) is 13.0 Å². The van der Waals surface area contributed by atoms with E-state index in [1.54, 1.807) is 6.07 Å². The molecule has 1 heterocycles. The van der Waals surface area contributed by atoms with Crippen LogP contribution in [0, 0.1) is 5.41 Å². The first-order valence-electron chi connectivity index (χ1n) is 7.93. The van der Waals surface area contributed by atoms with E-state index < -0.39 is 0 Å². The van der Waals surface area contributed by atoms with Crippen molar-refractivity contribution in [1.29, 1.82) is 0 Å². The summed E-state index contributed by atoms with van der Waals surface area (Å²) in [5.74, 6) is 0.894. The van der Waals surface area contributed by atoms with Gasteiger partial charge in [-0.05, 0) is 23.5 Å². The highest BCUT2D eigenvalue weighted by atomic mass is 16.1. The third-order valence-corrected chi connectivity index (χ3v) is 4.32. The van der Waals surface area contributed by atoms with Crippen molar-refractivity contribution in [2.24, 2.45) is 5.41 Å². The summed E-state index contributed by atoms with van der Waals surface area (Å²) in [6.45, 7) is 4.95. The van der Waals surface area contributed by atoms with Gasteiger partial charge in [0.1, 0.15) is 0 Å². The van der Waals surface area contributed by atoms with E-state index in [1.807, 2.05) is 30.1 Å². The first-order chi connectivity index (χ1) is 10.9. The van der Waals surface area contributed by atoms with Gasteiger partial charge in [-0.15, -0.1) is 0 Å². The summed E-state index contributed by atoms with van der Waals surface area (Å²) in [4.78, 5) is 19.1. The molecule has 2 N–H and O–H groups in total. The van der Waals surface area contributed by atoms with Crippen LogP contribution in [-0.4, -0.2) is 17.8 Å². The second-order valence-corrected chi connectivity index (χ2v) is 7.18. The second-order valence-electron chi connectivity index (χ2n) is 7.18. The van der Waals surface area contributed by atoms with Gasteiger partial charge in [-0.25, -0.2) is 4.98 Å². The number of anilines is 2. The van der Waals surface area contributed by atoms with Crippen LogP contribution >= 0.6 is 0 Å². The molecule has 1 aromatic heterocycles. The lowest BCUT2D eigenvalue weighted by Crippen LogP contribution is -2.29. The van der Waals surface area contributed by atoms with Gasteiger partial charge in [-0.2, -0.15) is 0 Å². The van der Waals surface area contributed by atoms with Crippen molar-refractivity contribution in [3.05, 3.63) is 53.2 Å². The molecule has 1 aliphatic carbocycles. The molecular formula is C19H23N3O. The largest absolute Gasteiger partial charge is 0.396 e. The fraction of sp³-hybridized carbons (Fsp3) is 0.368. The number of carbonyl (C=O) groups excluding carboxylic acids is 1. The molecule has 0 unspecified atom stereocenters. The fourth-order valence-electron chi connectivity index (χ4n) is 3.22. The Morgan fingerprint density at radius 1 is 1.22 bits per heavy atom. The number of Topliss-reactive ketones (excluding diaryl/α,β-unsaturated/α-hetero) is 1. The Morgan fingerprint density at radius 3 is 2.61 bits per heavy atom.